The number of amides is 1. The van der Waals surface area contributed by atoms with Gasteiger partial charge in [-0.15, -0.1) is 0 Å². The maximum atomic E-state index is 11.5. The molecule has 0 aliphatic carbocycles. The summed E-state index contributed by atoms with van der Waals surface area (Å²) in [4.78, 5) is 23.8. The van der Waals surface area contributed by atoms with Gasteiger partial charge in [-0.2, -0.15) is 0 Å². The molecular formula is C10H18N2O5S. The van der Waals surface area contributed by atoms with Crippen molar-refractivity contribution >= 4 is 21.7 Å². The predicted molar refractivity (Wildman–Crippen MR) is 65.0 cm³/mol. The Labute approximate surface area is 106 Å². The fourth-order valence-electron chi connectivity index (χ4n) is 1.96. The summed E-state index contributed by atoms with van der Waals surface area (Å²) in [5.41, 5.74) is 0. The second kappa shape index (κ2) is 6.14. The van der Waals surface area contributed by atoms with Crippen molar-refractivity contribution in [3.63, 3.8) is 0 Å². The van der Waals surface area contributed by atoms with E-state index in [4.69, 9.17) is 5.11 Å². The van der Waals surface area contributed by atoms with Crippen molar-refractivity contribution in [1.82, 2.24) is 10.2 Å². The van der Waals surface area contributed by atoms with Gasteiger partial charge in [-0.25, -0.2) is 8.42 Å². The lowest BCUT2D eigenvalue weighted by Crippen LogP contribution is -2.52. The zero-order valence-corrected chi connectivity index (χ0v) is 11.1. The highest BCUT2D eigenvalue weighted by atomic mass is 32.2. The molecule has 2 N–H and O–H groups in total. The summed E-state index contributed by atoms with van der Waals surface area (Å²) >= 11 is 0. The van der Waals surface area contributed by atoms with E-state index in [2.05, 4.69) is 5.32 Å². The van der Waals surface area contributed by atoms with Gasteiger partial charge in [-0.3, -0.25) is 14.5 Å². The van der Waals surface area contributed by atoms with Crippen LogP contribution in [0.4, 0.5) is 0 Å². The van der Waals surface area contributed by atoms with Crippen molar-refractivity contribution in [2.45, 2.75) is 19.4 Å². The van der Waals surface area contributed by atoms with E-state index in [1.54, 1.807) is 11.8 Å². The smallest absolute Gasteiger partial charge is 0.304 e. The summed E-state index contributed by atoms with van der Waals surface area (Å²) in [6, 6.07) is -0.621. The molecule has 1 amide bonds. The van der Waals surface area contributed by atoms with Gasteiger partial charge >= 0.3 is 5.97 Å². The van der Waals surface area contributed by atoms with Crippen molar-refractivity contribution in [2.75, 3.05) is 31.1 Å². The van der Waals surface area contributed by atoms with Crippen molar-refractivity contribution in [2.24, 2.45) is 0 Å². The van der Waals surface area contributed by atoms with Crippen molar-refractivity contribution in [3.05, 3.63) is 0 Å². The summed E-state index contributed by atoms with van der Waals surface area (Å²) in [6.07, 6.45) is -0.265. The summed E-state index contributed by atoms with van der Waals surface area (Å²) in [5.74, 6) is -1.49. The Morgan fingerprint density at radius 2 is 2.11 bits per heavy atom. The van der Waals surface area contributed by atoms with Gasteiger partial charge in [0.15, 0.2) is 9.84 Å². The molecule has 1 aliphatic rings. The van der Waals surface area contributed by atoms with Crippen LogP contribution in [0.3, 0.4) is 0 Å². The third-order valence-electron chi connectivity index (χ3n) is 2.78. The average Bonchev–Trinajstić information content (AvgIpc) is 2.21. The Hall–Kier alpha value is -1.15. The number of likely N-dealkylation sites (N-methyl/N-ethyl adjacent to an activating group) is 1. The van der Waals surface area contributed by atoms with Gasteiger partial charge in [0.25, 0.3) is 0 Å². The van der Waals surface area contributed by atoms with Crippen LogP contribution in [0.15, 0.2) is 0 Å². The molecule has 0 radical (unpaired) electrons. The molecule has 7 nitrogen and oxygen atoms in total. The number of hydrogen-bond donors (Lipinski definition) is 2. The van der Waals surface area contributed by atoms with Gasteiger partial charge in [0, 0.05) is 19.1 Å². The van der Waals surface area contributed by atoms with E-state index >= 15 is 0 Å². The third-order valence-corrected chi connectivity index (χ3v) is 4.48. The van der Waals surface area contributed by atoms with E-state index in [0.29, 0.717) is 6.54 Å². The maximum Gasteiger partial charge on any atom is 0.304 e. The lowest BCUT2D eigenvalue weighted by molar-refractivity contribution is -0.138. The monoisotopic (exact) mass is 278 g/mol. The molecule has 0 aromatic carbocycles. The van der Waals surface area contributed by atoms with Crippen LogP contribution < -0.4 is 5.32 Å². The number of nitrogens with zero attached hydrogens (tertiary/aromatic N) is 1. The quantitative estimate of drug-likeness (QED) is 0.647. The molecule has 8 heteroatoms. The lowest BCUT2D eigenvalue weighted by atomic mass is 10.2. The van der Waals surface area contributed by atoms with Crippen molar-refractivity contribution in [1.29, 1.82) is 0 Å². The molecule has 1 heterocycles. The fraction of sp³-hybridized carbons (Fsp3) is 0.800. The van der Waals surface area contributed by atoms with E-state index in [-0.39, 0.29) is 36.9 Å². The van der Waals surface area contributed by atoms with Crippen molar-refractivity contribution in [3.8, 4) is 0 Å². The van der Waals surface area contributed by atoms with Crippen LogP contribution in [0.2, 0.25) is 0 Å². The zero-order chi connectivity index (χ0) is 13.8. The van der Waals surface area contributed by atoms with Crippen LogP contribution in [-0.2, 0) is 19.4 Å². The van der Waals surface area contributed by atoms with Crippen LogP contribution in [0.1, 0.15) is 13.3 Å². The zero-order valence-electron chi connectivity index (χ0n) is 10.3. The number of rotatable bonds is 5. The molecule has 1 unspecified atom stereocenters. The molecule has 104 valence electrons. The average molecular weight is 278 g/mol. The Kier molecular flexibility index (Phi) is 5.09. The van der Waals surface area contributed by atoms with Crippen LogP contribution in [0.25, 0.3) is 0 Å². The van der Waals surface area contributed by atoms with E-state index in [0.717, 1.165) is 0 Å². The number of carboxylic acids is 1. The molecule has 0 bridgehead atoms. The molecule has 1 saturated heterocycles. The lowest BCUT2D eigenvalue weighted by Gasteiger charge is -2.33. The molecule has 18 heavy (non-hydrogen) atoms. The molecule has 1 aliphatic heterocycles. The highest BCUT2D eigenvalue weighted by Gasteiger charge is 2.33. The maximum absolute atomic E-state index is 11.5. The number of hydrogen-bond acceptors (Lipinski definition) is 5. The molecule has 0 spiro atoms. The van der Waals surface area contributed by atoms with E-state index in [9.17, 15) is 18.0 Å². The first-order valence-corrected chi connectivity index (χ1v) is 7.59. The molecule has 0 aromatic heterocycles. The van der Waals surface area contributed by atoms with Crippen LogP contribution in [0, 0.1) is 0 Å². The standard InChI is InChI=1S/C10H18N2O5S/c1-2-11-9(13)6-12-3-4-18(16,17)7-8(12)5-10(14)15/h8H,2-7H2,1H3,(H,11,13)(H,14,15). The summed E-state index contributed by atoms with van der Waals surface area (Å²) in [5, 5.41) is 11.4. The molecule has 0 saturated carbocycles. The highest BCUT2D eigenvalue weighted by Crippen LogP contribution is 2.14. The third kappa shape index (κ3) is 4.61. The first kappa shape index (κ1) is 14.9. The number of carboxylic acid groups (broad SMARTS) is 1. The Morgan fingerprint density at radius 1 is 1.44 bits per heavy atom. The van der Waals surface area contributed by atoms with Crippen molar-refractivity contribution < 1.29 is 23.1 Å². The van der Waals surface area contributed by atoms with Crippen LogP contribution >= 0.6 is 0 Å². The second-order valence-corrected chi connectivity index (χ2v) is 6.52. The van der Waals surface area contributed by atoms with Gasteiger partial charge in [-0.1, -0.05) is 0 Å². The van der Waals surface area contributed by atoms with Gasteiger partial charge in [0.05, 0.1) is 24.5 Å². The first-order valence-electron chi connectivity index (χ1n) is 5.77. The van der Waals surface area contributed by atoms with Gasteiger partial charge in [0.1, 0.15) is 0 Å². The van der Waals surface area contributed by atoms with Gasteiger partial charge in [0.2, 0.25) is 5.91 Å². The van der Waals surface area contributed by atoms with Gasteiger partial charge in [-0.05, 0) is 6.92 Å². The Balaban J connectivity index is 2.69. The number of sulfone groups is 1. The minimum atomic E-state index is -3.20. The number of nitrogens with one attached hydrogen (secondary N) is 1. The summed E-state index contributed by atoms with van der Waals surface area (Å²) in [6.45, 7) is 2.53. The Morgan fingerprint density at radius 3 is 2.67 bits per heavy atom. The molecular weight excluding hydrogens is 260 g/mol. The fourth-order valence-corrected chi connectivity index (χ4v) is 3.55. The Bertz CT molecular complexity index is 420. The van der Waals surface area contributed by atoms with E-state index < -0.39 is 21.8 Å². The highest BCUT2D eigenvalue weighted by molar-refractivity contribution is 7.91. The predicted octanol–water partition coefficient (Wildman–Crippen LogP) is -1.30. The largest absolute Gasteiger partial charge is 0.481 e. The van der Waals surface area contributed by atoms with E-state index in [1.165, 1.54) is 0 Å². The molecule has 0 aromatic rings. The van der Waals surface area contributed by atoms with E-state index in [1.807, 2.05) is 0 Å². The van der Waals surface area contributed by atoms with Crippen LogP contribution in [0.5, 0.6) is 0 Å². The molecule has 1 fully saturated rings. The topological polar surface area (TPSA) is 104 Å². The number of carbonyl (C=O) groups excluding carboxylic acids is 1. The number of aliphatic carboxylic acids is 1. The minimum Gasteiger partial charge on any atom is -0.481 e. The second-order valence-electron chi connectivity index (χ2n) is 4.29. The van der Waals surface area contributed by atoms with Gasteiger partial charge < -0.3 is 10.4 Å². The normalized spacial score (nSPS) is 23.5. The first-order chi connectivity index (χ1) is 8.34. The molecule has 1 rings (SSSR count). The molecule has 1 atom stereocenters. The van der Waals surface area contributed by atoms with Crippen LogP contribution in [-0.4, -0.2) is 67.5 Å². The SMILES string of the molecule is CCNC(=O)CN1CCS(=O)(=O)CC1CC(=O)O. The summed E-state index contributed by atoms with van der Waals surface area (Å²) < 4.78 is 23.0. The summed E-state index contributed by atoms with van der Waals surface area (Å²) in [7, 11) is -3.20. The minimum absolute atomic E-state index is 0.0253. The number of carbonyl (C=O) groups is 2.